The van der Waals surface area contributed by atoms with Gasteiger partial charge in [0, 0.05) is 0 Å². The molecule has 2 aromatic rings. The molecule has 1 aliphatic rings. The van der Waals surface area contributed by atoms with E-state index in [1.807, 2.05) is 48.5 Å². The summed E-state index contributed by atoms with van der Waals surface area (Å²) in [6.45, 7) is 2.96. The van der Waals surface area contributed by atoms with Gasteiger partial charge in [0.05, 0.1) is 18.2 Å². The van der Waals surface area contributed by atoms with E-state index in [-0.39, 0.29) is 5.57 Å². The second-order valence-electron chi connectivity index (χ2n) is 8.62. The second-order valence-corrected chi connectivity index (χ2v) is 8.62. The highest BCUT2D eigenvalue weighted by molar-refractivity contribution is 5.90. The van der Waals surface area contributed by atoms with Crippen LogP contribution in [-0.4, -0.2) is 17.7 Å². The number of carboxylic acids is 1. The lowest BCUT2D eigenvalue weighted by Gasteiger charge is -2.27. The van der Waals surface area contributed by atoms with Crippen LogP contribution in [0.15, 0.2) is 72.3 Å². The average molecular weight is 444 g/mol. The molecule has 3 rings (SSSR count). The molecule has 4 heteroatoms. The van der Waals surface area contributed by atoms with Gasteiger partial charge in [-0.3, -0.25) is 0 Å². The van der Waals surface area contributed by atoms with Crippen molar-refractivity contribution < 1.29 is 14.6 Å². The molecule has 0 saturated carbocycles. The largest absolute Gasteiger partial charge is 0.494 e. The van der Waals surface area contributed by atoms with Crippen molar-refractivity contribution in [2.75, 3.05) is 6.61 Å². The minimum absolute atomic E-state index is 0.223. The molecule has 1 aliphatic carbocycles. The molecule has 0 radical (unpaired) electrons. The van der Waals surface area contributed by atoms with Crippen molar-refractivity contribution in [1.82, 2.24) is 0 Å². The van der Waals surface area contributed by atoms with Gasteiger partial charge in [0.15, 0.2) is 0 Å². The number of benzene rings is 2. The molecule has 0 heterocycles. The van der Waals surface area contributed by atoms with Crippen LogP contribution in [0, 0.1) is 11.3 Å². The first-order valence-electron chi connectivity index (χ1n) is 12.0. The molecule has 0 fully saturated rings. The number of hydrogen-bond acceptors (Lipinski definition) is 3. The van der Waals surface area contributed by atoms with Crippen molar-refractivity contribution in [3.63, 3.8) is 0 Å². The average Bonchev–Trinajstić information content (AvgIpc) is 2.86. The minimum atomic E-state index is -0.974. The first kappa shape index (κ1) is 24.3. The molecule has 0 saturated heterocycles. The van der Waals surface area contributed by atoms with Crippen molar-refractivity contribution in [3.8, 4) is 22.9 Å². The maximum atomic E-state index is 11.3. The zero-order chi connectivity index (χ0) is 23.5. The van der Waals surface area contributed by atoms with Crippen molar-refractivity contribution >= 4 is 5.97 Å². The monoisotopic (exact) mass is 443 g/mol. The molecule has 1 atom stereocenters. The Morgan fingerprint density at radius 2 is 1.73 bits per heavy atom. The van der Waals surface area contributed by atoms with Crippen LogP contribution < -0.4 is 4.74 Å². The van der Waals surface area contributed by atoms with Crippen LogP contribution >= 0.6 is 0 Å². The van der Waals surface area contributed by atoms with Crippen molar-refractivity contribution in [3.05, 3.63) is 77.9 Å². The van der Waals surface area contributed by atoms with Gasteiger partial charge in [-0.05, 0) is 41.7 Å². The molecule has 0 aromatic heterocycles. The summed E-state index contributed by atoms with van der Waals surface area (Å²) in [4.78, 5) is 11.3. The van der Waals surface area contributed by atoms with E-state index in [1.54, 1.807) is 12.2 Å². The number of carbonyl (C=O) groups is 1. The summed E-state index contributed by atoms with van der Waals surface area (Å²) in [6, 6.07) is 18.3. The van der Waals surface area contributed by atoms with Gasteiger partial charge < -0.3 is 9.84 Å². The number of nitrogens with zero attached hydrogens (tertiary/aromatic N) is 1. The van der Waals surface area contributed by atoms with E-state index in [1.165, 1.54) is 44.6 Å². The molecule has 2 aromatic carbocycles. The minimum Gasteiger partial charge on any atom is -0.494 e. The molecule has 0 aliphatic heterocycles. The Labute approximate surface area is 197 Å². The van der Waals surface area contributed by atoms with E-state index < -0.39 is 11.4 Å². The Hall–Kier alpha value is -3.32. The van der Waals surface area contributed by atoms with Crippen molar-refractivity contribution in [2.45, 2.75) is 63.7 Å². The van der Waals surface area contributed by atoms with E-state index in [2.05, 4.69) is 13.0 Å². The lowest BCUT2D eigenvalue weighted by Crippen LogP contribution is -2.24. The van der Waals surface area contributed by atoms with Gasteiger partial charge in [-0.15, -0.1) is 0 Å². The summed E-state index contributed by atoms with van der Waals surface area (Å²) in [5.74, 6) is -0.123. The fourth-order valence-corrected chi connectivity index (χ4v) is 4.24. The number of rotatable bonds is 12. The van der Waals surface area contributed by atoms with Gasteiger partial charge in [-0.25, -0.2) is 4.79 Å². The van der Waals surface area contributed by atoms with E-state index in [4.69, 9.17) is 4.74 Å². The van der Waals surface area contributed by atoms with E-state index in [9.17, 15) is 15.2 Å². The quantitative estimate of drug-likeness (QED) is 0.352. The number of carboxylic acid groups (broad SMARTS) is 1. The molecular formula is C29H33NO3. The van der Waals surface area contributed by atoms with E-state index >= 15 is 0 Å². The van der Waals surface area contributed by atoms with Gasteiger partial charge in [-0.2, -0.15) is 5.26 Å². The standard InChI is InChI=1S/C29H33NO3/c1-2-3-4-5-6-7-10-21-33-25-15-13-23(14-16-25)26-11-8-9-12-27(26)29(22-30)19-17-24(18-20-29)28(31)32/h8-9,11-19H,2-7,10,20-21H2,1H3,(H,31,32). The Morgan fingerprint density at radius 1 is 1.03 bits per heavy atom. The van der Waals surface area contributed by atoms with Crippen molar-refractivity contribution in [2.24, 2.45) is 0 Å². The van der Waals surface area contributed by atoms with Crippen LogP contribution in [0.3, 0.4) is 0 Å². The Bertz CT molecular complexity index is 1030. The highest BCUT2D eigenvalue weighted by atomic mass is 16.5. The first-order valence-corrected chi connectivity index (χ1v) is 12.0. The number of nitriles is 1. The maximum Gasteiger partial charge on any atom is 0.335 e. The zero-order valence-corrected chi connectivity index (χ0v) is 19.4. The smallest absolute Gasteiger partial charge is 0.335 e. The number of aliphatic carboxylic acids is 1. The zero-order valence-electron chi connectivity index (χ0n) is 19.4. The highest BCUT2D eigenvalue weighted by Gasteiger charge is 2.33. The van der Waals surface area contributed by atoms with Crippen LogP contribution in [0.25, 0.3) is 11.1 Å². The second kappa shape index (κ2) is 12.1. The van der Waals surface area contributed by atoms with E-state index in [0.717, 1.165) is 35.5 Å². The predicted molar refractivity (Wildman–Crippen MR) is 132 cm³/mol. The molecule has 4 nitrogen and oxygen atoms in total. The topological polar surface area (TPSA) is 70.3 Å². The summed E-state index contributed by atoms with van der Waals surface area (Å²) in [7, 11) is 0. The molecular weight excluding hydrogens is 410 g/mol. The molecule has 0 amide bonds. The third-order valence-electron chi connectivity index (χ3n) is 6.23. The maximum absolute atomic E-state index is 11.3. The van der Waals surface area contributed by atoms with Gasteiger partial charge in [-0.1, -0.05) is 100 Å². The molecule has 1 N–H and O–H groups in total. The molecule has 0 bridgehead atoms. The normalized spacial score (nSPS) is 17.3. The first-order chi connectivity index (χ1) is 16.1. The molecule has 0 spiro atoms. The molecule has 172 valence electrons. The Morgan fingerprint density at radius 3 is 2.36 bits per heavy atom. The van der Waals surface area contributed by atoms with Gasteiger partial charge in [0.1, 0.15) is 11.2 Å². The lowest BCUT2D eigenvalue weighted by atomic mass is 9.73. The highest BCUT2D eigenvalue weighted by Crippen LogP contribution is 2.39. The number of hydrogen-bond donors (Lipinski definition) is 1. The molecule has 33 heavy (non-hydrogen) atoms. The van der Waals surface area contributed by atoms with Crippen LogP contribution in [0.5, 0.6) is 5.75 Å². The third kappa shape index (κ3) is 6.35. The summed E-state index contributed by atoms with van der Waals surface area (Å²) >= 11 is 0. The van der Waals surface area contributed by atoms with Gasteiger partial charge >= 0.3 is 5.97 Å². The van der Waals surface area contributed by atoms with Crippen LogP contribution in [0.1, 0.15) is 63.9 Å². The number of ether oxygens (including phenoxy) is 1. The fraction of sp³-hybridized carbons (Fsp3) is 0.379. The van der Waals surface area contributed by atoms with Crippen molar-refractivity contribution in [1.29, 1.82) is 5.26 Å². The number of unbranched alkanes of at least 4 members (excludes halogenated alkanes) is 6. The Kier molecular flexibility index (Phi) is 8.89. The van der Waals surface area contributed by atoms with Gasteiger partial charge in [0.25, 0.3) is 0 Å². The summed E-state index contributed by atoms with van der Waals surface area (Å²) in [5, 5.41) is 19.3. The third-order valence-corrected chi connectivity index (χ3v) is 6.23. The Balaban J connectivity index is 1.65. The molecule has 1 unspecified atom stereocenters. The summed E-state index contributed by atoms with van der Waals surface area (Å²) in [6.07, 6.45) is 14.0. The fourth-order valence-electron chi connectivity index (χ4n) is 4.24. The van der Waals surface area contributed by atoms with E-state index in [0.29, 0.717) is 6.42 Å². The number of allylic oxidation sites excluding steroid dienone is 2. The van der Waals surface area contributed by atoms with Crippen LogP contribution in [0.2, 0.25) is 0 Å². The summed E-state index contributed by atoms with van der Waals surface area (Å²) < 4.78 is 5.92. The predicted octanol–water partition coefficient (Wildman–Crippen LogP) is 7.22. The lowest BCUT2D eigenvalue weighted by molar-refractivity contribution is -0.132. The summed E-state index contributed by atoms with van der Waals surface area (Å²) in [5.41, 5.74) is 2.18. The van der Waals surface area contributed by atoms with Gasteiger partial charge in [0.2, 0.25) is 0 Å². The van der Waals surface area contributed by atoms with Crippen LogP contribution in [-0.2, 0) is 10.2 Å². The SMILES string of the molecule is CCCCCCCCCOc1ccc(-c2ccccc2C2(C#N)C=CC(C(=O)O)=CC2)cc1. The van der Waals surface area contributed by atoms with Crippen LogP contribution in [0.4, 0.5) is 0 Å².